The van der Waals surface area contributed by atoms with Crippen molar-refractivity contribution in [2.75, 3.05) is 18.6 Å². The molecule has 100 valence electrons. The summed E-state index contributed by atoms with van der Waals surface area (Å²) < 4.78 is 5.04. The van der Waals surface area contributed by atoms with Gasteiger partial charge in [0.2, 0.25) is 5.91 Å². The summed E-state index contributed by atoms with van der Waals surface area (Å²) in [5.74, 6) is -1.34. The fourth-order valence-electron chi connectivity index (χ4n) is 1.99. The summed E-state index contributed by atoms with van der Waals surface area (Å²) in [6, 6.07) is 2.35. The van der Waals surface area contributed by atoms with Crippen LogP contribution in [0.4, 0.5) is 10.5 Å². The standard InChI is InChI=1S/C12H12N2O5/c1-6-3-7(14-5-9(15)13-12(14)18)4-8(11(16)17)10(6)19-2/h3-4H,5H2,1-2H3,(H,16,17)(H,13,15,18). The van der Waals surface area contributed by atoms with Crippen molar-refractivity contribution in [1.29, 1.82) is 0 Å². The van der Waals surface area contributed by atoms with E-state index < -0.39 is 17.9 Å². The highest BCUT2D eigenvalue weighted by molar-refractivity contribution is 6.12. The van der Waals surface area contributed by atoms with Gasteiger partial charge in [-0.05, 0) is 24.6 Å². The van der Waals surface area contributed by atoms with Crippen molar-refractivity contribution >= 4 is 23.6 Å². The molecule has 1 aliphatic heterocycles. The molecule has 1 aromatic rings. The number of rotatable bonds is 3. The molecule has 2 N–H and O–H groups in total. The fraction of sp³-hybridized carbons (Fsp3) is 0.250. The van der Waals surface area contributed by atoms with Gasteiger partial charge in [-0.2, -0.15) is 0 Å². The Morgan fingerprint density at radius 1 is 1.42 bits per heavy atom. The van der Waals surface area contributed by atoms with Gasteiger partial charge in [0, 0.05) is 5.69 Å². The van der Waals surface area contributed by atoms with Gasteiger partial charge in [-0.1, -0.05) is 0 Å². The number of carbonyl (C=O) groups excluding carboxylic acids is 2. The van der Waals surface area contributed by atoms with Crippen molar-refractivity contribution in [1.82, 2.24) is 5.32 Å². The van der Waals surface area contributed by atoms with E-state index in [1.165, 1.54) is 18.1 Å². The first-order valence-electron chi connectivity index (χ1n) is 5.47. The molecule has 0 aliphatic carbocycles. The number of aryl methyl sites for hydroxylation is 1. The number of nitrogens with one attached hydrogen (secondary N) is 1. The Labute approximate surface area is 108 Å². The van der Waals surface area contributed by atoms with E-state index in [0.717, 1.165) is 0 Å². The molecule has 0 radical (unpaired) electrons. The van der Waals surface area contributed by atoms with Crippen LogP contribution in [0.3, 0.4) is 0 Å². The van der Waals surface area contributed by atoms with E-state index in [-0.39, 0.29) is 17.9 Å². The lowest BCUT2D eigenvalue weighted by Gasteiger charge is -2.17. The second-order valence-electron chi connectivity index (χ2n) is 4.09. The molecule has 3 amide bonds. The zero-order valence-electron chi connectivity index (χ0n) is 10.4. The third kappa shape index (κ3) is 2.22. The van der Waals surface area contributed by atoms with E-state index in [1.807, 2.05) is 0 Å². The molecule has 0 aromatic heterocycles. The van der Waals surface area contributed by atoms with Gasteiger partial charge in [0.05, 0.1) is 7.11 Å². The van der Waals surface area contributed by atoms with Crippen LogP contribution >= 0.6 is 0 Å². The molecule has 19 heavy (non-hydrogen) atoms. The third-order valence-electron chi connectivity index (χ3n) is 2.80. The van der Waals surface area contributed by atoms with Crippen LogP contribution in [0, 0.1) is 6.92 Å². The van der Waals surface area contributed by atoms with Crippen molar-refractivity contribution in [3.63, 3.8) is 0 Å². The second-order valence-corrected chi connectivity index (χ2v) is 4.09. The molecule has 0 saturated carbocycles. The van der Waals surface area contributed by atoms with Crippen LogP contribution in [0.2, 0.25) is 0 Å². The quantitative estimate of drug-likeness (QED) is 0.786. The number of anilines is 1. The number of benzene rings is 1. The Hall–Kier alpha value is -2.57. The van der Waals surface area contributed by atoms with Crippen LogP contribution in [0.15, 0.2) is 12.1 Å². The largest absolute Gasteiger partial charge is 0.496 e. The molecular weight excluding hydrogens is 252 g/mol. The molecule has 0 unspecified atom stereocenters. The van der Waals surface area contributed by atoms with Gasteiger partial charge in [0.1, 0.15) is 17.9 Å². The number of aromatic carboxylic acids is 1. The maximum atomic E-state index is 11.5. The fourth-order valence-corrected chi connectivity index (χ4v) is 1.99. The zero-order chi connectivity index (χ0) is 14.2. The van der Waals surface area contributed by atoms with Crippen molar-refractivity contribution < 1.29 is 24.2 Å². The first-order chi connectivity index (χ1) is 8.93. The summed E-state index contributed by atoms with van der Waals surface area (Å²) in [5.41, 5.74) is 0.869. The average molecular weight is 264 g/mol. The number of methoxy groups -OCH3 is 1. The van der Waals surface area contributed by atoms with Crippen molar-refractivity contribution in [2.24, 2.45) is 0 Å². The second kappa shape index (κ2) is 4.60. The lowest BCUT2D eigenvalue weighted by atomic mass is 10.1. The molecule has 7 heteroatoms. The van der Waals surface area contributed by atoms with Gasteiger partial charge in [0.15, 0.2) is 0 Å². The minimum atomic E-state index is -1.16. The molecule has 1 heterocycles. The number of carbonyl (C=O) groups is 3. The number of urea groups is 1. The smallest absolute Gasteiger partial charge is 0.339 e. The third-order valence-corrected chi connectivity index (χ3v) is 2.80. The number of hydrogen-bond acceptors (Lipinski definition) is 4. The van der Waals surface area contributed by atoms with E-state index in [0.29, 0.717) is 11.3 Å². The van der Waals surface area contributed by atoms with Crippen LogP contribution in [0.25, 0.3) is 0 Å². The van der Waals surface area contributed by atoms with Crippen LogP contribution in [0.5, 0.6) is 5.75 Å². The monoisotopic (exact) mass is 264 g/mol. The van der Waals surface area contributed by atoms with Crippen molar-refractivity contribution in [3.05, 3.63) is 23.3 Å². The van der Waals surface area contributed by atoms with Crippen LogP contribution < -0.4 is 15.0 Å². The summed E-state index contributed by atoms with van der Waals surface area (Å²) in [6.45, 7) is 1.55. The number of nitrogens with zero attached hydrogens (tertiary/aromatic N) is 1. The molecule has 0 spiro atoms. The molecular formula is C12H12N2O5. The van der Waals surface area contributed by atoms with Gasteiger partial charge >= 0.3 is 12.0 Å². The van der Waals surface area contributed by atoms with Gasteiger partial charge in [0.25, 0.3) is 0 Å². The molecule has 0 bridgehead atoms. The maximum absolute atomic E-state index is 11.5. The minimum absolute atomic E-state index is 0.0513. The number of carboxylic acid groups (broad SMARTS) is 1. The normalized spacial score (nSPS) is 14.5. The number of ether oxygens (including phenoxy) is 1. The number of imide groups is 1. The Morgan fingerprint density at radius 2 is 2.11 bits per heavy atom. The predicted molar refractivity (Wildman–Crippen MR) is 65.6 cm³/mol. The van der Waals surface area contributed by atoms with Gasteiger partial charge in [-0.3, -0.25) is 15.0 Å². The van der Waals surface area contributed by atoms with Crippen LogP contribution in [0.1, 0.15) is 15.9 Å². The van der Waals surface area contributed by atoms with Gasteiger partial charge in [-0.15, -0.1) is 0 Å². The summed E-state index contributed by atoms with van der Waals surface area (Å²) in [6.07, 6.45) is 0. The highest BCUT2D eigenvalue weighted by atomic mass is 16.5. The molecule has 0 atom stereocenters. The first-order valence-corrected chi connectivity index (χ1v) is 5.47. The Kier molecular flexibility index (Phi) is 3.12. The van der Waals surface area contributed by atoms with Crippen LogP contribution in [-0.4, -0.2) is 36.7 Å². The SMILES string of the molecule is COc1c(C)cc(N2CC(=O)NC2=O)cc1C(=O)O. The van der Waals surface area contributed by atoms with Gasteiger partial charge in [-0.25, -0.2) is 9.59 Å². The van der Waals surface area contributed by atoms with Gasteiger partial charge < -0.3 is 9.84 Å². The van der Waals surface area contributed by atoms with E-state index >= 15 is 0 Å². The highest BCUT2D eigenvalue weighted by Gasteiger charge is 2.29. The van der Waals surface area contributed by atoms with E-state index in [1.54, 1.807) is 13.0 Å². The van der Waals surface area contributed by atoms with E-state index in [9.17, 15) is 14.4 Å². The topological polar surface area (TPSA) is 95.9 Å². The van der Waals surface area contributed by atoms with Crippen molar-refractivity contribution in [2.45, 2.75) is 6.92 Å². The van der Waals surface area contributed by atoms with E-state index in [2.05, 4.69) is 5.32 Å². The maximum Gasteiger partial charge on any atom is 0.339 e. The molecule has 1 aromatic carbocycles. The Bertz CT molecular complexity index is 582. The molecule has 1 saturated heterocycles. The average Bonchev–Trinajstić information content (AvgIpc) is 2.67. The lowest BCUT2D eigenvalue weighted by molar-refractivity contribution is -0.117. The molecule has 1 aliphatic rings. The summed E-state index contributed by atoms with van der Waals surface area (Å²) in [5, 5.41) is 11.3. The Morgan fingerprint density at radius 3 is 2.58 bits per heavy atom. The molecule has 7 nitrogen and oxygen atoms in total. The predicted octanol–water partition coefficient (Wildman–Crippen LogP) is 0.758. The lowest BCUT2D eigenvalue weighted by Crippen LogP contribution is -2.28. The minimum Gasteiger partial charge on any atom is -0.496 e. The summed E-state index contributed by atoms with van der Waals surface area (Å²) >= 11 is 0. The highest BCUT2D eigenvalue weighted by Crippen LogP contribution is 2.30. The van der Waals surface area contributed by atoms with Crippen LogP contribution in [-0.2, 0) is 4.79 Å². The Balaban J connectivity index is 2.51. The number of hydrogen-bond donors (Lipinski definition) is 2. The van der Waals surface area contributed by atoms with Crippen molar-refractivity contribution in [3.8, 4) is 5.75 Å². The molecule has 2 rings (SSSR count). The number of carboxylic acids is 1. The summed E-state index contributed by atoms with van der Waals surface area (Å²) in [4.78, 5) is 35.1. The summed E-state index contributed by atoms with van der Waals surface area (Å²) in [7, 11) is 1.38. The zero-order valence-corrected chi connectivity index (χ0v) is 10.4. The molecule has 1 fully saturated rings. The number of amides is 3. The van der Waals surface area contributed by atoms with E-state index in [4.69, 9.17) is 9.84 Å². The first kappa shape index (κ1) is 12.9.